The highest BCUT2D eigenvalue weighted by atomic mass is 32.2. The summed E-state index contributed by atoms with van der Waals surface area (Å²) in [5, 5.41) is 4.46. The van der Waals surface area contributed by atoms with E-state index in [4.69, 9.17) is 18.6 Å². The standard InChI is InChI=1S/C36H34O8S2/c37-45(38,39)25-5-23-43-29-17-11-27(12-18-29)15-21-35-31-7-1-2-8-32(31)36(34-10-4-3-9-33(34)35)22-16-28-13-19-30(20-14-28)44-24-6-26-46(40,41)42/h1-4,7-22H,5-6,23-26H2,(H,37,38,39)(H,40,41,42)/b21-15+,22-16+. The van der Waals surface area contributed by atoms with E-state index in [9.17, 15) is 16.8 Å². The smallest absolute Gasteiger partial charge is 0.264 e. The van der Waals surface area contributed by atoms with Crippen molar-refractivity contribution in [3.8, 4) is 11.5 Å². The molecule has 0 amide bonds. The first-order chi connectivity index (χ1) is 22.1. The van der Waals surface area contributed by atoms with Crippen LogP contribution in [-0.2, 0) is 20.2 Å². The van der Waals surface area contributed by atoms with Crippen molar-refractivity contribution in [3.63, 3.8) is 0 Å². The molecular formula is C36H34O8S2. The van der Waals surface area contributed by atoms with Gasteiger partial charge in [0.15, 0.2) is 0 Å². The Morgan fingerprint density at radius 2 is 0.804 bits per heavy atom. The van der Waals surface area contributed by atoms with Crippen molar-refractivity contribution < 1.29 is 35.4 Å². The second-order valence-corrected chi connectivity index (χ2v) is 13.8. The summed E-state index contributed by atoms with van der Waals surface area (Å²) in [4.78, 5) is 0. The van der Waals surface area contributed by atoms with Crippen molar-refractivity contribution in [1.82, 2.24) is 0 Å². The van der Waals surface area contributed by atoms with Gasteiger partial charge in [0.05, 0.1) is 24.7 Å². The van der Waals surface area contributed by atoms with Gasteiger partial charge < -0.3 is 9.47 Å². The van der Waals surface area contributed by atoms with Gasteiger partial charge in [-0.3, -0.25) is 9.11 Å². The fourth-order valence-electron chi connectivity index (χ4n) is 5.13. The molecule has 5 aromatic carbocycles. The highest BCUT2D eigenvalue weighted by Crippen LogP contribution is 2.35. The van der Waals surface area contributed by atoms with Crippen LogP contribution in [-0.4, -0.2) is 50.7 Å². The Balaban J connectivity index is 1.36. The minimum absolute atomic E-state index is 0.190. The van der Waals surface area contributed by atoms with Gasteiger partial charge in [0, 0.05) is 0 Å². The van der Waals surface area contributed by atoms with Crippen molar-refractivity contribution in [2.45, 2.75) is 12.8 Å². The number of hydrogen-bond acceptors (Lipinski definition) is 6. The fourth-order valence-corrected chi connectivity index (χ4v) is 6.09. The van der Waals surface area contributed by atoms with Crippen LogP contribution >= 0.6 is 0 Å². The van der Waals surface area contributed by atoms with Crippen LogP contribution in [0.25, 0.3) is 45.8 Å². The van der Waals surface area contributed by atoms with Gasteiger partial charge in [-0.25, -0.2) is 0 Å². The van der Waals surface area contributed by atoms with Crippen LogP contribution in [0.3, 0.4) is 0 Å². The molecule has 2 N–H and O–H groups in total. The maximum Gasteiger partial charge on any atom is 0.264 e. The van der Waals surface area contributed by atoms with E-state index in [-0.39, 0.29) is 37.6 Å². The molecule has 0 spiro atoms. The third kappa shape index (κ3) is 9.27. The van der Waals surface area contributed by atoms with E-state index in [1.807, 2.05) is 72.8 Å². The van der Waals surface area contributed by atoms with E-state index in [0.717, 1.165) is 43.8 Å². The highest BCUT2D eigenvalue weighted by Gasteiger charge is 2.11. The van der Waals surface area contributed by atoms with Gasteiger partial charge in [0.25, 0.3) is 20.2 Å². The molecule has 0 fully saturated rings. The SMILES string of the molecule is O=S(=O)(O)CCCOc1ccc(/C=C/c2c3ccccc3c(/C=C/c3ccc(OCCCS(=O)(=O)O)cc3)c3ccccc23)cc1. The second kappa shape index (κ2) is 14.7. The first-order valence-corrected chi connectivity index (χ1v) is 17.9. The topological polar surface area (TPSA) is 127 Å². The minimum Gasteiger partial charge on any atom is -0.494 e. The summed E-state index contributed by atoms with van der Waals surface area (Å²) in [6, 6.07) is 31.7. The van der Waals surface area contributed by atoms with Crippen LogP contribution in [0.1, 0.15) is 35.1 Å². The number of rotatable bonds is 14. The number of hydrogen-bond donors (Lipinski definition) is 2. The molecular weight excluding hydrogens is 625 g/mol. The molecule has 8 nitrogen and oxygen atoms in total. The molecule has 238 valence electrons. The van der Waals surface area contributed by atoms with Crippen molar-refractivity contribution >= 4 is 66.1 Å². The molecule has 0 bridgehead atoms. The normalized spacial score (nSPS) is 12.4. The van der Waals surface area contributed by atoms with Crippen molar-refractivity contribution in [1.29, 1.82) is 0 Å². The zero-order valence-electron chi connectivity index (χ0n) is 25.0. The van der Waals surface area contributed by atoms with Crippen molar-refractivity contribution in [3.05, 3.63) is 119 Å². The van der Waals surface area contributed by atoms with Crippen molar-refractivity contribution in [2.24, 2.45) is 0 Å². The van der Waals surface area contributed by atoms with E-state index < -0.39 is 20.2 Å². The molecule has 0 saturated heterocycles. The molecule has 10 heteroatoms. The molecule has 0 aromatic heterocycles. The number of ether oxygens (including phenoxy) is 2. The molecule has 0 saturated carbocycles. The summed E-state index contributed by atoms with van der Waals surface area (Å²) in [5.41, 5.74) is 4.16. The number of benzene rings is 5. The van der Waals surface area contributed by atoms with Gasteiger partial charge >= 0.3 is 0 Å². The second-order valence-electron chi connectivity index (χ2n) is 10.7. The number of fused-ring (bicyclic) bond motifs is 2. The maximum atomic E-state index is 10.9. The minimum atomic E-state index is -3.99. The Morgan fingerprint density at radius 3 is 1.11 bits per heavy atom. The van der Waals surface area contributed by atoms with Gasteiger partial charge in [-0.1, -0.05) is 97.1 Å². The average Bonchev–Trinajstić information content (AvgIpc) is 3.03. The summed E-state index contributed by atoms with van der Waals surface area (Å²) in [6.45, 7) is 0.380. The summed E-state index contributed by atoms with van der Waals surface area (Å²) in [5.74, 6) is 0.576. The van der Waals surface area contributed by atoms with Crippen LogP contribution in [0.15, 0.2) is 97.1 Å². The monoisotopic (exact) mass is 658 g/mol. The molecule has 46 heavy (non-hydrogen) atoms. The summed E-state index contributed by atoms with van der Waals surface area (Å²) in [6.07, 6.45) is 8.76. The lowest BCUT2D eigenvalue weighted by molar-refractivity contribution is 0.316. The fraction of sp³-hybridized carbons (Fsp3) is 0.167. The lowest BCUT2D eigenvalue weighted by Crippen LogP contribution is -2.08. The third-order valence-corrected chi connectivity index (χ3v) is 8.90. The Morgan fingerprint density at radius 1 is 0.478 bits per heavy atom. The first kappa shape index (κ1) is 32.9. The van der Waals surface area contributed by atoms with E-state index in [1.165, 1.54) is 0 Å². The molecule has 0 radical (unpaired) electrons. The predicted molar refractivity (Wildman–Crippen MR) is 185 cm³/mol. The predicted octanol–water partition coefficient (Wildman–Crippen LogP) is 7.65. The summed E-state index contributed by atoms with van der Waals surface area (Å²) < 4.78 is 72.5. The molecule has 0 aliphatic carbocycles. The van der Waals surface area contributed by atoms with E-state index in [2.05, 4.69) is 48.6 Å². The zero-order chi connectivity index (χ0) is 32.6. The molecule has 0 unspecified atom stereocenters. The van der Waals surface area contributed by atoms with E-state index >= 15 is 0 Å². The van der Waals surface area contributed by atoms with Crippen LogP contribution < -0.4 is 9.47 Å². The zero-order valence-corrected chi connectivity index (χ0v) is 26.6. The van der Waals surface area contributed by atoms with Crippen LogP contribution in [0.2, 0.25) is 0 Å². The van der Waals surface area contributed by atoms with E-state index in [0.29, 0.717) is 11.5 Å². The summed E-state index contributed by atoms with van der Waals surface area (Å²) in [7, 11) is -7.99. The third-order valence-electron chi connectivity index (χ3n) is 7.29. The van der Waals surface area contributed by atoms with Gasteiger partial charge in [-0.05, 0) is 80.9 Å². The lowest BCUT2D eigenvalue weighted by atomic mass is 9.91. The van der Waals surface area contributed by atoms with Gasteiger partial charge in [-0.2, -0.15) is 16.8 Å². The molecule has 0 heterocycles. The van der Waals surface area contributed by atoms with Gasteiger partial charge in [0.1, 0.15) is 11.5 Å². The van der Waals surface area contributed by atoms with Crippen LogP contribution in [0.5, 0.6) is 11.5 Å². The molecule has 0 aliphatic rings. The highest BCUT2D eigenvalue weighted by molar-refractivity contribution is 7.86. The van der Waals surface area contributed by atoms with Crippen molar-refractivity contribution in [2.75, 3.05) is 24.7 Å². The molecule has 5 rings (SSSR count). The Kier molecular flexibility index (Phi) is 10.5. The lowest BCUT2D eigenvalue weighted by Gasteiger charge is -2.13. The quantitative estimate of drug-likeness (QED) is 0.0539. The van der Waals surface area contributed by atoms with Gasteiger partial charge in [0.2, 0.25) is 0 Å². The summed E-state index contributed by atoms with van der Waals surface area (Å²) >= 11 is 0. The van der Waals surface area contributed by atoms with E-state index in [1.54, 1.807) is 0 Å². The van der Waals surface area contributed by atoms with Gasteiger partial charge in [-0.15, -0.1) is 0 Å². The molecule has 5 aromatic rings. The molecule has 0 aliphatic heterocycles. The van der Waals surface area contributed by atoms with Crippen LogP contribution in [0, 0.1) is 0 Å². The average molecular weight is 659 g/mol. The maximum absolute atomic E-state index is 10.9. The first-order valence-electron chi connectivity index (χ1n) is 14.7. The largest absolute Gasteiger partial charge is 0.494 e. The Bertz CT molecular complexity index is 1870. The Hall–Kier alpha value is -4.48. The Labute approximate surface area is 269 Å². The van der Waals surface area contributed by atoms with Crippen LogP contribution in [0.4, 0.5) is 0 Å². The molecule has 0 atom stereocenters.